The number of carbonyl (C=O) groups is 3. The summed E-state index contributed by atoms with van der Waals surface area (Å²) >= 11 is 18.6. The molecule has 2 atom stereocenters. The van der Waals surface area contributed by atoms with Crippen molar-refractivity contribution in [2.24, 2.45) is 5.92 Å². The van der Waals surface area contributed by atoms with Crippen LogP contribution in [-0.2, 0) is 20.8 Å². The molecule has 0 aromatic heterocycles. The second-order valence-corrected chi connectivity index (χ2v) is 13.6. The number of amides is 3. The van der Waals surface area contributed by atoms with Crippen LogP contribution in [0.15, 0.2) is 36.4 Å². The normalized spacial score (nSPS) is 22.4. The number of aryl methyl sites for hydroxylation is 1. The van der Waals surface area contributed by atoms with Crippen LogP contribution in [0.5, 0.6) is 0 Å². The molecule has 2 bridgehead atoms. The van der Waals surface area contributed by atoms with Crippen LogP contribution in [0.3, 0.4) is 0 Å². The van der Waals surface area contributed by atoms with Crippen LogP contribution < -0.4 is 10.2 Å². The van der Waals surface area contributed by atoms with Crippen LogP contribution in [0.2, 0.25) is 15.1 Å². The van der Waals surface area contributed by atoms with Crippen molar-refractivity contribution < 1.29 is 14.4 Å². The smallest absolute Gasteiger partial charge is 0.230 e. The Morgan fingerprint density at radius 2 is 1.60 bits per heavy atom. The first-order valence-corrected chi connectivity index (χ1v) is 16.5. The zero-order valence-corrected chi connectivity index (χ0v) is 27.2. The van der Waals surface area contributed by atoms with Crippen molar-refractivity contribution in [3.05, 3.63) is 62.6 Å². The maximum Gasteiger partial charge on any atom is 0.230 e. The minimum Gasteiger partial charge on any atom is -0.353 e. The van der Waals surface area contributed by atoms with Crippen molar-refractivity contribution in [2.45, 2.75) is 83.3 Å². The minimum atomic E-state index is -0.102. The number of halogens is 3. The van der Waals surface area contributed by atoms with Gasteiger partial charge in [-0.2, -0.15) is 0 Å². The van der Waals surface area contributed by atoms with Crippen molar-refractivity contribution in [2.75, 3.05) is 31.1 Å². The second-order valence-electron chi connectivity index (χ2n) is 12.3. The van der Waals surface area contributed by atoms with Gasteiger partial charge in [0, 0.05) is 67.9 Å². The van der Waals surface area contributed by atoms with E-state index in [2.05, 4.69) is 10.2 Å². The molecule has 2 aromatic rings. The number of carbonyl (C=O) groups excluding carboxylic acids is 3. The fraction of sp³-hybridized carbons (Fsp3) is 0.545. The van der Waals surface area contributed by atoms with Crippen LogP contribution in [-0.4, -0.2) is 71.8 Å². The Morgan fingerprint density at radius 1 is 0.907 bits per heavy atom. The molecule has 1 N–H and O–H groups in total. The third kappa shape index (κ3) is 7.86. The molecule has 0 aliphatic carbocycles. The number of fused-ring (bicyclic) bond motifs is 2. The number of piperidine rings is 2. The van der Waals surface area contributed by atoms with Gasteiger partial charge in [-0.15, -0.1) is 0 Å². The summed E-state index contributed by atoms with van der Waals surface area (Å²) in [5.41, 5.74) is 2.67. The summed E-state index contributed by atoms with van der Waals surface area (Å²) in [7, 11) is 0. The summed E-state index contributed by atoms with van der Waals surface area (Å²) in [6.07, 6.45) is 6.65. The van der Waals surface area contributed by atoms with Gasteiger partial charge in [0.1, 0.15) is 0 Å². The van der Waals surface area contributed by atoms with Crippen molar-refractivity contribution in [1.82, 2.24) is 15.1 Å². The quantitative estimate of drug-likeness (QED) is 0.347. The molecule has 0 radical (unpaired) electrons. The van der Waals surface area contributed by atoms with Gasteiger partial charge in [-0.25, -0.2) is 0 Å². The average Bonchev–Trinajstić information content (AvgIpc) is 3.21. The van der Waals surface area contributed by atoms with E-state index in [0.717, 1.165) is 55.5 Å². The highest BCUT2D eigenvalue weighted by molar-refractivity contribution is 6.42. The summed E-state index contributed by atoms with van der Waals surface area (Å²) in [6.45, 7) is 6.32. The molecule has 232 valence electrons. The lowest BCUT2D eigenvalue weighted by Crippen LogP contribution is -2.51. The largest absolute Gasteiger partial charge is 0.353 e. The van der Waals surface area contributed by atoms with Crippen LogP contribution >= 0.6 is 34.8 Å². The average molecular weight is 648 g/mol. The number of nitrogens with one attached hydrogen (secondary N) is 1. The highest BCUT2D eigenvalue weighted by atomic mass is 35.5. The minimum absolute atomic E-state index is 0.0105. The van der Waals surface area contributed by atoms with Crippen molar-refractivity contribution >= 4 is 58.2 Å². The fourth-order valence-electron chi connectivity index (χ4n) is 7.06. The van der Waals surface area contributed by atoms with E-state index in [1.165, 1.54) is 0 Å². The Morgan fingerprint density at radius 3 is 2.23 bits per heavy atom. The molecule has 2 unspecified atom stereocenters. The predicted molar refractivity (Wildman–Crippen MR) is 173 cm³/mol. The molecule has 3 aliphatic heterocycles. The van der Waals surface area contributed by atoms with Crippen LogP contribution in [0, 0.1) is 12.8 Å². The van der Waals surface area contributed by atoms with Gasteiger partial charge in [0.25, 0.3) is 0 Å². The van der Waals surface area contributed by atoms with E-state index in [0.29, 0.717) is 59.6 Å². The van der Waals surface area contributed by atoms with Gasteiger partial charge in [-0.1, -0.05) is 46.9 Å². The molecule has 43 heavy (non-hydrogen) atoms. The van der Waals surface area contributed by atoms with E-state index in [9.17, 15) is 14.4 Å². The number of anilines is 1. The van der Waals surface area contributed by atoms with Crippen LogP contribution in [0.25, 0.3) is 0 Å². The van der Waals surface area contributed by atoms with Gasteiger partial charge in [0.2, 0.25) is 17.7 Å². The van der Waals surface area contributed by atoms with Crippen molar-refractivity contribution in [3.63, 3.8) is 0 Å². The zero-order chi connectivity index (χ0) is 30.7. The first-order chi connectivity index (χ1) is 20.6. The number of likely N-dealkylation sites (tertiary alicyclic amines) is 1. The molecule has 0 spiro atoms. The number of hydrogen-bond donors (Lipinski definition) is 1. The summed E-state index contributed by atoms with van der Waals surface area (Å²) in [4.78, 5) is 44.8. The molecular weight excluding hydrogens is 607 g/mol. The lowest BCUT2D eigenvalue weighted by atomic mass is 9.94. The molecular formula is C33H41Cl3N4O3. The monoisotopic (exact) mass is 646 g/mol. The summed E-state index contributed by atoms with van der Waals surface area (Å²) in [5.74, 6) is 0.0957. The maximum atomic E-state index is 13.8. The zero-order valence-electron chi connectivity index (χ0n) is 25.0. The molecule has 3 amide bonds. The van der Waals surface area contributed by atoms with Crippen molar-refractivity contribution in [3.8, 4) is 0 Å². The number of benzene rings is 2. The predicted octanol–water partition coefficient (Wildman–Crippen LogP) is 6.29. The maximum absolute atomic E-state index is 13.8. The highest BCUT2D eigenvalue weighted by Gasteiger charge is 2.41. The Labute approximate surface area is 269 Å². The molecule has 3 heterocycles. The molecule has 3 saturated heterocycles. The van der Waals surface area contributed by atoms with E-state index in [4.69, 9.17) is 34.8 Å². The summed E-state index contributed by atoms with van der Waals surface area (Å²) < 4.78 is 0. The first kappa shape index (κ1) is 32.1. The van der Waals surface area contributed by atoms with E-state index < -0.39 is 0 Å². The van der Waals surface area contributed by atoms with Gasteiger partial charge in [-0.3, -0.25) is 19.3 Å². The third-order valence-corrected chi connectivity index (χ3v) is 10.6. The van der Waals surface area contributed by atoms with E-state index in [1.54, 1.807) is 19.1 Å². The second kappa shape index (κ2) is 14.2. The Hall–Kier alpha value is -2.32. The van der Waals surface area contributed by atoms with Gasteiger partial charge in [0.15, 0.2) is 0 Å². The van der Waals surface area contributed by atoms with E-state index >= 15 is 0 Å². The lowest BCUT2D eigenvalue weighted by molar-refractivity contribution is -0.133. The van der Waals surface area contributed by atoms with Crippen molar-refractivity contribution in [1.29, 1.82) is 0 Å². The molecule has 0 saturated carbocycles. The number of hydrogen-bond acceptors (Lipinski definition) is 4. The topological polar surface area (TPSA) is 73.0 Å². The van der Waals surface area contributed by atoms with Crippen LogP contribution in [0.4, 0.5) is 5.69 Å². The Balaban J connectivity index is 1.16. The number of nitrogens with zero attached hydrogens (tertiary/aromatic N) is 3. The summed E-state index contributed by atoms with van der Waals surface area (Å²) in [5, 5.41) is 4.86. The van der Waals surface area contributed by atoms with Gasteiger partial charge in [-0.05, 0) is 87.3 Å². The van der Waals surface area contributed by atoms with Gasteiger partial charge in [0.05, 0.1) is 16.5 Å². The summed E-state index contributed by atoms with van der Waals surface area (Å²) in [6, 6.07) is 12.2. The molecule has 3 aliphatic rings. The molecule has 2 aromatic carbocycles. The Kier molecular flexibility index (Phi) is 10.6. The number of rotatable bonds is 9. The highest BCUT2D eigenvalue weighted by Crippen LogP contribution is 2.36. The molecule has 10 heteroatoms. The fourth-order valence-corrected chi connectivity index (χ4v) is 7.56. The Bertz CT molecular complexity index is 1330. The SMILES string of the molecule is CC(=O)N1CCC(C(=O)N(CCCN2C3CCC2CC(NC(=O)Cc2ccc(Cl)c(Cl)c2)C3)c2ccc(C)c(Cl)c2)CC1. The lowest BCUT2D eigenvalue weighted by Gasteiger charge is -2.40. The van der Waals surface area contributed by atoms with E-state index in [1.807, 2.05) is 41.0 Å². The standard InChI is InChI=1S/C33H41Cl3N4O3/c1-21-4-6-28(20-30(21)35)40(33(43)24-10-14-38(15-11-24)22(2)41)13-3-12-39-26-7-8-27(39)19-25(18-26)37-32(42)17-23-5-9-29(34)31(36)16-23/h4-6,9,16,20,24-27H,3,7-8,10-15,17-19H2,1-2H3,(H,37,42). The molecule has 3 fully saturated rings. The first-order valence-electron chi connectivity index (χ1n) is 15.4. The molecule has 7 nitrogen and oxygen atoms in total. The molecule has 5 rings (SSSR count). The van der Waals surface area contributed by atoms with Gasteiger partial charge < -0.3 is 15.1 Å². The van der Waals surface area contributed by atoms with E-state index in [-0.39, 0.29) is 36.1 Å². The van der Waals surface area contributed by atoms with Crippen LogP contribution in [0.1, 0.15) is 63.0 Å². The van der Waals surface area contributed by atoms with Gasteiger partial charge >= 0.3 is 0 Å². The third-order valence-electron chi connectivity index (χ3n) is 9.42.